The van der Waals surface area contributed by atoms with Gasteiger partial charge in [0.05, 0.1) is 5.41 Å². The van der Waals surface area contributed by atoms with Gasteiger partial charge in [0.25, 0.3) is 0 Å². The van der Waals surface area contributed by atoms with E-state index < -0.39 is 35.3 Å². The van der Waals surface area contributed by atoms with E-state index in [0.717, 1.165) is 5.56 Å². The molecule has 0 unspecified atom stereocenters. The number of nitrogens with one attached hydrogen (secondary N) is 3. The third-order valence-corrected chi connectivity index (χ3v) is 6.55. The van der Waals surface area contributed by atoms with Gasteiger partial charge >= 0.3 is 6.03 Å². The van der Waals surface area contributed by atoms with Crippen molar-refractivity contribution < 1.29 is 19.2 Å². The number of nitrogens with two attached hydrogens (primary N) is 1. The van der Waals surface area contributed by atoms with Gasteiger partial charge in [-0.05, 0) is 42.0 Å². The number of hydrogen-bond acceptors (Lipinski definition) is 4. The Hall–Kier alpha value is -3.88. The minimum Gasteiger partial charge on any atom is -0.368 e. The zero-order valence-electron chi connectivity index (χ0n) is 20.1. The highest BCUT2D eigenvalue weighted by Gasteiger charge is 2.57. The smallest absolute Gasteiger partial charge is 0.319 e. The number of likely N-dealkylation sites (tertiary alicyclic amines) is 1. The van der Waals surface area contributed by atoms with Crippen LogP contribution in [-0.2, 0) is 19.8 Å². The third-order valence-electron chi connectivity index (χ3n) is 6.55. The number of carbonyl (C=O) groups excluding carboxylic acids is 4. The first kappa shape index (κ1) is 24.3. The topological polar surface area (TPSA) is 134 Å². The normalized spacial score (nSPS) is 21.9. The van der Waals surface area contributed by atoms with Gasteiger partial charge in [0, 0.05) is 17.9 Å². The molecule has 0 radical (unpaired) electrons. The summed E-state index contributed by atoms with van der Waals surface area (Å²) in [5.41, 5.74) is 6.33. The van der Waals surface area contributed by atoms with Crippen LogP contribution >= 0.6 is 0 Å². The first-order valence-electron chi connectivity index (χ1n) is 11.6. The molecule has 1 saturated heterocycles. The predicted octanol–water partition coefficient (Wildman–Crippen LogP) is 2.59. The van der Waals surface area contributed by atoms with Crippen LogP contribution in [-0.4, -0.2) is 47.3 Å². The second-order valence-electron chi connectivity index (χ2n) is 10.5. The van der Waals surface area contributed by atoms with Crippen LogP contribution in [0.3, 0.4) is 0 Å². The van der Waals surface area contributed by atoms with Crippen LogP contribution in [0.1, 0.15) is 39.2 Å². The summed E-state index contributed by atoms with van der Waals surface area (Å²) in [5.74, 6) is -1.39. The van der Waals surface area contributed by atoms with Crippen molar-refractivity contribution in [3.8, 4) is 0 Å². The van der Waals surface area contributed by atoms with Crippen LogP contribution in [0.4, 0.5) is 16.2 Å². The van der Waals surface area contributed by atoms with Gasteiger partial charge < -0.3 is 26.6 Å². The molecule has 4 rings (SSSR count). The number of rotatable bonds is 5. The number of urea groups is 1. The van der Waals surface area contributed by atoms with Crippen molar-refractivity contribution in [2.75, 3.05) is 17.2 Å². The van der Waals surface area contributed by atoms with Crippen molar-refractivity contribution in [1.82, 2.24) is 10.2 Å². The molecule has 0 aromatic heterocycles. The number of nitrogens with zero attached hydrogens (tertiary/aromatic N) is 1. The molecule has 5 amide bonds. The fraction of sp³-hybridized carbons (Fsp3) is 0.385. The number of carbonyl (C=O) groups is 4. The third kappa shape index (κ3) is 4.84. The fourth-order valence-corrected chi connectivity index (χ4v) is 4.98. The predicted molar refractivity (Wildman–Crippen MR) is 133 cm³/mol. The highest BCUT2D eigenvalue weighted by molar-refractivity contribution is 6.08. The van der Waals surface area contributed by atoms with E-state index >= 15 is 0 Å². The molecular formula is C26H31N5O4. The summed E-state index contributed by atoms with van der Waals surface area (Å²) < 4.78 is 0. The minimum absolute atomic E-state index is 0.00487. The lowest BCUT2D eigenvalue weighted by Crippen LogP contribution is -2.54. The van der Waals surface area contributed by atoms with Crippen LogP contribution in [0.5, 0.6) is 0 Å². The Labute approximate surface area is 204 Å². The molecule has 9 heteroatoms. The molecule has 5 N–H and O–H groups in total. The SMILES string of the molecule is CC(C)(C)C[C@H](NC(=O)Nc1ccccc1)C(=O)N1C[C@]2(C[C@H]1C(N)=O)C(=O)Nc1ccccc12. The molecule has 35 heavy (non-hydrogen) atoms. The van der Waals surface area contributed by atoms with Crippen molar-refractivity contribution in [1.29, 1.82) is 0 Å². The van der Waals surface area contributed by atoms with Gasteiger partial charge in [0.15, 0.2) is 0 Å². The molecule has 1 spiro atoms. The van der Waals surface area contributed by atoms with Gasteiger partial charge in [-0.25, -0.2) is 4.79 Å². The molecule has 2 heterocycles. The van der Waals surface area contributed by atoms with Gasteiger partial charge in [-0.1, -0.05) is 57.2 Å². The molecule has 2 aliphatic heterocycles. The molecule has 0 saturated carbocycles. The Morgan fingerprint density at radius 3 is 2.43 bits per heavy atom. The van der Waals surface area contributed by atoms with Crippen LogP contribution in [0.2, 0.25) is 0 Å². The van der Waals surface area contributed by atoms with Crippen molar-refractivity contribution in [2.45, 2.75) is 51.1 Å². The zero-order valence-corrected chi connectivity index (χ0v) is 20.1. The highest BCUT2D eigenvalue weighted by atomic mass is 16.2. The van der Waals surface area contributed by atoms with Gasteiger partial charge in [-0.3, -0.25) is 14.4 Å². The standard InChI is InChI=1S/C26H31N5O4/c1-25(2,3)13-19(30-24(35)28-16-9-5-4-6-10-16)22(33)31-15-26(14-20(31)21(27)32)17-11-7-8-12-18(17)29-23(26)34/h4-12,19-20H,13-15H2,1-3H3,(H2,27,32)(H,29,34)(H2,28,30,35)/t19-,20-,26-/m0/s1. The summed E-state index contributed by atoms with van der Waals surface area (Å²) in [6.07, 6.45) is 0.418. The van der Waals surface area contributed by atoms with E-state index in [2.05, 4.69) is 16.0 Å². The fourth-order valence-electron chi connectivity index (χ4n) is 4.98. The number of hydrogen-bond donors (Lipinski definition) is 4. The Kier molecular flexibility index (Phi) is 6.27. The van der Waals surface area contributed by atoms with Crippen LogP contribution in [0.25, 0.3) is 0 Å². The maximum atomic E-state index is 13.8. The zero-order chi connectivity index (χ0) is 25.4. The Balaban J connectivity index is 1.61. The van der Waals surface area contributed by atoms with E-state index in [1.807, 2.05) is 45.0 Å². The van der Waals surface area contributed by atoms with Crippen molar-refractivity contribution in [3.05, 3.63) is 60.2 Å². The number of amides is 5. The molecule has 9 nitrogen and oxygen atoms in total. The second-order valence-corrected chi connectivity index (χ2v) is 10.5. The maximum absolute atomic E-state index is 13.8. The number of primary amides is 1. The quantitative estimate of drug-likeness (QED) is 0.527. The maximum Gasteiger partial charge on any atom is 0.319 e. The number of para-hydroxylation sites is 2. The molecule has 2 aromatic rings. The summed E-state index contributed by atoms with van der Waals surface area (Å²) >= 11 is 0. The van der Waals surface area contributed by atoms with E-state index in [0.29, 0.717) is 17.8 Å². The largest absolute Gasteiger partial charge is 0.368 e. The summed E-state index contributed by atoms with van der Waals surface area (Å²) in [6.45, 7) is 5.89. The van der Waals surface area contributed by atoms with Crippen LogP contribution < -0.4 is 21.7 Å². The Bertz CT molecular complexity index is 1160. The monoisotopic (exact) mass is 477 g/mol. The van der Waals surface area contributed by atoms with Crippen molar-refractivity contribution in [3.63, 3.8) is 0 Å². The lowest BCUT2D eigenvalue weighted by atomic mass is 9.79. The summed E-state index contributed by atoms with van der Waals surface area (Å²) in [5, 5.41) is 8.37. The second kappa shape index (κ2) is 9.05. The Morgan fingerprint density at radius 1 is 1.11 bits per heavy atom. The number of benzene rings is 2. The first-order valence-corrected chi connectivity index (χ1v) is 11.6. The highest BCUT2D eigenvalue weighted by Crippen LogP contribution is 2.46. The summed E-state index contributed by atoms with van der Waals surface area (Å²) in [6, 6.07) is 13.7. The molecule has 1 fully saturated rings. The van der Waals surface area contributed by atoms with Crippen LogP contribution in [0, 0.1) is 5.41 Å². The number of fused-ring (bicyclic) bond motifs is 2. The molecule has 2 aromatic carbocycles. The van der Waals surface area contributed by atoms with Crippen LogP contribution in [0.15, 0.2) is 54.6 Å². The molecule has 3 atom stereocenters. The van der Waals surface area contributed by atoms with Gasteiger partial charge in [-0.2, -0.15) is 0 Å². The van der Waals surface area contributed by atoms with Gasteiger partial charge in [-0.15, -0.1) is 0 Å². The minimum atomic E-state index is -1.06. The van der Waals surface area contributed by atoms with E-state index in [-0.39, 0.29) is 24.3 Å². The molecule has 184 valence electrons. The van der Waals surface area contributed by atoms with Crippen molar-refractivity contribution in [2.24, 2.45) is 11.1 Å². The van der Waals surface area contributed by atoms with E-state index in [4.69, 9.17) is 5.73 Å². The van der Waals surface area contributed by atoms with Crippen molar-refractivity contribution >= 4 is 35.1 Å². The van der Waals surface area contributed by atoms with E-state index in [1.165, 1.54) is 4.90 Å². The molecule has 2 aliphatic rings. The van der Waals surface area contributed by atoms with E-state index in [9.17, 15) is 19.2 Å². The first-order chi connectivity index (χ1) is 16.5. The van der Waals surface area contributed by atoms with E-state index in [1.54, 1.807) is 30.3 Å². The summed E-state index contributed by atoms with van der Waals surface area (Å²) in [7, 11) is 0. The average molecular weight is 478 g/mol. The molecule has 0 aliphatic carbocycles. The lowest BCUT2D eigenvalue weighted by Gasteiger charge is -2.31. The molecular weight excluding hydrogens is 446 g/mol. The average Bonchev–Trinajstić information content (AvgIpc) is 3.32. The van der Waals surface area contributed by atoms with Gasteiger partial charge in [0.2, 0.25) is 17.7 Å². The number of anilines is 2. The molecule has 0 bridgehead atoms. The Morgan fingerprint density at radius 2 is 1.77 bits per heavy atom. The lowest BCUT2D eigenvalue weighted by molar-refractivity contribution is -0.139. The van der Waals surface area contributed by atoms with Gasteiger partial charge in [0.1, 0.15) is 12.1 Å². The summed E-state index contributed by atoms with van der Waals surface area (Å²) in [4.78, 5) is 53.5.